The smallest absolute Gasteiger partial charge is 0.408 e. The van der Waals surface area contributed by atoms with E-state index < -0.39 is 18.1 Å². The zero-order chi connectivity index (χ0) is 15.4. The van der Waals surface area contributed by atoms with Crippen LogP contribution in [0.15, 0.2) is 4.99 Å². The highest BCUT2D eigenvalue weighted by atomic mass is 16.6. The largest absolute Gasteiger partial charge is 0.480 e. The number of carbonyl (C=O) groups excluding carboxylic acids is 1. The van der Waals surface area contributed by atoms with Gasteiger partial charge < -0.3 is 25.7 Å². The average molecular weight is 290 g/mol. The molecule has 0 spiro atoms. The maximum atomic E-state index is 10.7. The first-order valence-corrected chi connectivity index (χ1v) is 6.23. The van der Waals surface area contributed by atoms with E-state index in [4.69, 9.17) is 10.3 Å². The molecule has 0 aliphatic heterocycles. The lowest BCUT2D eigenvalue weighted by atomic mass is 10.1. The number of hydrogen-bond acceptors (Lipinski definition) is 6. The van der Waals surface area contributed by atoms with Crippen LogP contribution in [-0.4, -0.2) is 54.6 Å². The first-order valence-electron chi connectivity index (χ1n) is 6.23. The molecule has 116 valence electrons. The Morgan fingerprint density at radius 3 is 2.60 bits per heavy atom. The van der Waals surface area contributed by atoms with Crippen LogP contribution < -0.4 is 16.1 Å². The van der Waals surface area contributed by atoms with Crippen molar-refractivity contribution in [2.45, 2.75) is 32.2 Å². The molecule has 0 aliphatic rings. The number of carboxylic acids is 1. The Hall–Kier alpha value is -1.87. The lowest BCUT2D eigenvalue weighted by Gasteiger charge is -2.10. The van der Waals surface area contributed by atoms with Crippen LogP contribution in [0.1, 0.15) is 26.2 Å². The highest BCUT2D eigenvalue weighted by Crippen LogP contribution is 2.00. The van der Waals surface area contributed by atoms with Crippen LogP contribution in [-0.2, 0) is 9.53 Å². The van der Waals surface area contributed by atoms with Crippen LogP contribution in [0, 0.1) is 0 Å². The fourth-order valence-corrected chi connectivity index (χ4v) is 1.30. The van der Waals surface area contributed by atoms with Crippen LogP contribution in [0.2, 0.25) is 0 Å². The summed E-state index contributed by atoms with van der Waals surface area (Å²) in [7, 11) is 1.46. The Morgan fingerprint density at radius 2 is 2.05 bits per heavy atom. The van der Waals surface area contributed by atoms with Gasteiger partial charge in [-0.1, -0.05) is 0 Å². The quantitative estimate of drug-likeness (QED) is 0.173. The molecule has 0 aromatic heterocycles. The summed E-state index contributed by atoms with van der Waals surface area (Å²) in [6, 6.07) is -0.939. The Labute approximate surface area is 117 Å². The van der Waals surface area contributed by atoms with Gasteiger partial charge in [0.05, 0.1) is 5.84 Å². The van der Waals surface area contributed by atoms with E-state index in [1.54, 1.807) is 12.4 Å². The SMILES string of the molecule is CNC(=O)OC/N=C(\C)NCCCC[C@H](NO)C(=O)O. The second kappa shape index (κ2) is 11.0. The highest BCUT2D eigenvalue weighted by Gasteiger charge is 2.14. The summed E-state index contributed by atoms with van der Waals surface area (Å²) in [5, 5.41) is 22.6. The molecule has 9 heteroatoms. The minimum Gasteiger partial charge on any atom is -0.480 e. The van der Waals surface area contributed by atoms with Crippen molar-refractivity contribution in [3.8, 4) is 0 Å². The number of amides is 1. The van der Waals surface area contributed by atoms with Gasteiger partial charge >= 0.3 is 12.1 Å². The van der Waals surface area contributed by atoms with Crippen molar-refractivity contribution < 1.29 is 24.6 Å². The Bertz CT molecular complexity index is 335. The molecule has 20 heavy (non-hydrogen) atoms. The number of ether oxygens (including phenoxy) is 1. The van der Waals surface area contributed by atoms with Crippen LogP contribution in [0.5, 0.6) is 0 Å². The topological polar surface area (TPSA) is 132 Å². The summed E-state index contributed by atoms with van der Waals surface area (Å²) in [6.45, 7) is 2.30. The Morgan fingerprint density at radius 1 is 1.35 bits per heavy atom. The molecule has 0 bridgehead atoms. The highest BCUT2D eigenvalue weighted by molar-refractivity contribution is 5.79. The van der Waals surface area contributed by atoms with E-state index in [1.807, 2.05) is 0 Å². The van der Waals surface area contributed by atoms with Crippen LogP contribution >= 0.6 is 0 Å². The monoisotopic (exact) mass is 290 g/mol. The second-order valence-electron chi connectivity index (χ2n) is 4.00. The molecule has 5 N–H and O–H groups in total. The normalized spacial score (nSPS) is 12.7. The van der Waals surface area contributed by atoms with Crippen molar-refractivity contribution in [1.82, 2.24) is 16.1 Å². The van der Waals surface area contributed by atoms with E-state index in [1.165, 1.54) is 7.05 Å². The molecular formula is C11H22N4O5. The Balaban J connectivity index is 3.66. The summed E-state index contributed by atoms with van der Waals surface area (Å²) in [4.78, 5) is 25.3. The molecule has 0 unspecified atom stereocenters. The first-order chi connectivity index (χ1) is 9.51. The van der Waals surface area contributed by atoms with Crippen LogP contribution in [0.3, 0.4) is 0 Å². The molecule has 0 rings (SSSR count). The number of amidine groups is 1. The van der Waals surface area contributed by atoms with E-state index in [0.29, 0.717) is 25.2 Å². The first kappa shape index (κ1) is 18.1. The third-order valence-corrected chi connectivity index (χ3v) is 2.46. The molecule has 0 aliphatic carbocycles. The predicted octanol–water partition coefficient (Wildman–Crippen LogP) is -0.0898. The van der Waals surface area contributed by atoms with E-state index in [2.05, 4.69) is 20.4 Å². The summed E-state index contributed by atoms with van der Waals surface area (Å²) in [6.07, 6.45) is 1.16. The number of aliphatic carboxylic acids is 1. The third-order valence-electron chi connectivity index (χ3n) is 2.46. The number of hydroxylamine groups is 1. The summed E-state index contributed by atoms with van der Waals surface area (Å²) < 4.78 is 4.68. The van der Waals surface area contributed by atoms with Gasteiger partial charge in [-0.15, -0.1) is 0 Å². The van der Waals surface area contributed by atoms with E-state index in [0.717, 1.165) is 6.42 Å². The Kier molecular flexibility index (Phi) is 9.97. The molecule has 0 aromatic rings. The number of hydrogen-bond donors (Lipinski definition) is 5. The lowest BCUT2D eigenvalue weighted by Crippen LogP contribution is -2.34. The van der Waals surface area contributed by atoms with Crippen molar-refractivity contribution in [1.29, 1.82) is 0 Å². The molecule has 0 saturated heterocycles. The molecule has 1 amide bonds. The summed E-state index contributed by atoms with van der Waals surface area (Å²) in [5.74, 6) is -0.450. The van der Waals surface area contributed by atoms with Gasteiger partial charge in [0.2, 0.25) is 0 Å². The van der Waals surface area contributed by atoms with Crippen molar-refractivity contribution >= 4 is 17.9 Å². The summed E-state index contributed by atoms with van der Waals surface area (Å²) >= 11 is 0. The molecule has 9 nitrogen and oxygen atoms in total. The minimum atomic E-state index is -1.08. The number of carboxylic acid groups (broad SMARTS) is 1. The molecule has 0 radical (unpaired) electrons. The number of rotatable bonds is 9. The van der Waals surface area contributed by atoms with Gasteiger partial charge in [0, 0.05) is 13.6 Å². The van der Waals surface area contributed by atoms with Crippen LogP contribution in [0.4, 0.5) is 4.79 Å². The molecule has 0 aromatic carbocycles. The number of nitrogens with one attached hydrogen (secondary N) is 3. The van der Waals surface area contributed by atoms with Crippen molar-refractivity contribution in [3.05, 3.63) is 0 Å². The van der Waals surface area contributed by atoms with E-state index in [9.17, 15) is 9.59 Å². The standard InChI is InChI=1S/C11H22N4O5/c1-8(14-7-20-11(18)12-2)13-6-4-3-5-9(15-19)10(16)17/h9,15,19H,3-7H2,1-2H3,(H,12,18)(H,13,14)(H,16,17)/t9-/m0/s1. The number of alkyl carbamates (subject to hydrolysis) is 1. The number of nitrogens with zero attached hydrogens (tertiary/aromatic N) is 1. The maximum Gasteiger partial charge on any atom is 0.408 e. The number of carbonyl (C=O) groups is 2. The second-order valence-corrected chi connectivity index (χ2v) is 4.00. The average Bonchev–Trinajstić information content (AvgIpc) is 2.42. The van der Waals surface area contributed by atoms with Gasteiger partial charge in [-0.25, -0.2) is 9.79 Å². The van der Waals surface area contributed by atoms with Gasteiger partial charge in [0.15, 0.2) is 6.73 Å². The fraction of sp³-hybridized carbons (Fsp3) is 0.727. The number of aliphatic imine (C=N–C) groups is 1. The summed E-state index contributed by atoms with van der Waals surface area (Å²) in [5.41, 5.74) is 1.75. The van der Waals surface area contributed by atoms with E-state index in [-0.39, 0.29) is 6.73 Å². The predicted molar refractivity (Wildman–Crippen MR) is 71.7 cm³/mol. The molecular weight excluding hydrogens is 268 g/mol. The molecule has 0 saturated carbocycles. The van der Waals surface area contributed by atoms with Crippen molar-refractivity contribution in [2.75, 3.05) is 20.3 Å². The van der Waals surface area contributed by atoms with Gasteiger partial charge in [-0.2, -0.15) is 5.48 Å². The minimum absolute atomic E-state index is 0.0615. The maximum absolute atomic E-state index is 10.7. The van der Waals surface area contributed by atoms with Crippen molar-refractivity contribution in [2.24, 2.45) is 4.99 Å². The van der Waals surface area contributed by atoms with Crippen LogP contribution in [0.25, 0.3) is 0 Å². The van der Waals surface area contributed by atoms with Gasteiger partial charge in [-0.3, -0.25) is 4.79 Å². The van der Waals surface area contributed by atoms with Gasteiger partial charge in [0.1, 0.15) is 6.04 Å². The fourth-order valence-electron chi connectivity index (χ4n) is 1.30. The van der Waals surface area contributed by atoms with Crippen molar-refractivity contribution in [3.63, 3.8) is 0 Å². The molecule has 0 heterocycles. The zero-order valence-corrected chi connectivity index (χ0v) is 11.7. The lowest BCUT2D eigenvalue weighted by molar-refractivity contribution is -0.142. The number of unbranched alkanes of at least 4 members (excludes halogenated alkanes) is 1. The zero-order valence-electron chi connectivity index (χ0n) is 11.7. The van der Waals surface area contributed by atoms with Gasteiger partial charge in [0.25, 0.3) is 0 Å². The van der Waals surface area contributed by atoms with E-state index >= 15 is 0 Å². The molecule has 0 fully saturated rings. The molecule has 1 atom stereocenters. The third kappa shape index (κ3) is 9.11. The van der Waals surface area contributed by atoms with Gasteiger partial charge in [-0.05, 0) is 26.2 Å².